The third kappa shape index (κ3) is 4.12. The minimum Gasteiger partial charge on any atom is -0.466 e. The zero-order valence-corrected chi connectivity index (χ0v) is 14.0. The fourth-order valence-electron chi connectivity index (χ4n) is 3.47. The Morgan fingerprint density at radius 3 is 2.57 bits per heavy atom. The molecule has 130 valence electrons. The smallest absolute Gasteiger partial charge is 0.334 e. The van der Waals surface area contributed by atoms with Crippen LogP contribution in [0, 0.1) is 17.3 Å². The van der Waals surface area contributed by atoms with Crippen molar-refractivity contribution < 1.29 is 28.5 Å². The molecule has 0 spiro atoms. The Morgan fingerprint density at radius 1 is 1.13 bits per heavy atom. The van der Waals surface area contributed by atoms with E-state index in [1.165, 1.54) is 0 Å². The molecule has 0 heterocycles. The van der Waals surface area contributed by atoms with Crippen LogP contribution in [0.2, 0.25) is 0 Å². The lowest BCUT2D eigenvalue weighted by Crippen LogP contribution is -2.21. The molecule has 3 unspecified atom stereocenters. The third-order valence-corrected chi connectivity index (χ3v) is 4.77. The normalized spacial score (nSPS) is 28.1. The van der Waals surface area contributed by atoms with Gasteiger partial charge in [-0.1, -0.05) is 6.58 Å². The van der Waals surface area contributed by atoms with E-state index in [-0.39, 0.29) is 29.9 Å². The maximum atomic E-state index is 12.1. The number of methoxy groups -OCH3 is 1. The first kappa shape index (κ1) is 17.9. The van der Waals surface area contributed by atoms with Gasteiger partial charge in [0.05, 0.1) is 32.3 Å². The predicted molar refractivity (Wildman–Crippen MR) is 82.7 cm³/mol. The van der Waals surface area contributed by atoms with Crippen LogP contribution in [0.5, 0.6) is 0 Å². The second kappa shape index (κ2) is 7.93. The minimum atomic E-state index is -0.382. The summed E-state index contributed by atoms with van der Waals surface area (Å²) in [6.07, 6.45) is 2.35. The molecule has 2 saturated carbocycles. The SMILES string of the molecule is C=C(C(=O)OCCOCCOC)C12CC(C(=O)OCC)CC1C2. The molecule has 2 aliphatic rings. The fraction of sp³-hybridized carbons (Fsp3) is 0.765. The quantitative estimate of drug-likeness (QED) is 0.346. The van der Waals surface area contributed by atoms with Crippen molar-refractivity contribution in [3.05, 3.63) is 12.2 Å². The standard InChI is InChI=1S/C17H26O6/c1-4-22-16(19)13-9-14-11-17(14,10-13)12(2)15(18)23-8-7-21-6-5-20-3/h13-14H,2,4-11H2,1,3H3. The van der Waals surface area contributed by atoms with E-state index >= 15 is 0 Å². The highest BCUT2D eigenvalue weighted by Crippen LogP contribution is 2.69. The lowest BCUT2D eigenvalue weighted by atomic mass is 9.91. The first-order chi connectivity index (χ1) is 11.0. The van der Waals surface area contributed by atoms with Crippen molar-refractivity contribution in [2.24, 2.45) is 17.3 Å². The van der Waals surface area contributed by atoms with Gasteiger partial charge in [0.15, 0.2) is 0 Å². The van der Waals surface area contributed by atoms with E-state index in [1.54, 1.807) is 14.0 Å². The van der Waals surface area contributed by atoms with Crippen molar-refractivity contribution in [3.63, 3.8) is 0 Å². The summed E-state index contributed by atoms with van der Waals surface area (Å²) < 4.78 is 20.4. The van der Waals surface area contributed by atoms with Crippen LogP contribution in [-0.2, 0) is 28.5 Å². The number of hydrogen-bond donors (Lipinski definition) is 0. The van der Waals surface area contributed by atoms with Gasteiger partial charge in [0.25, 0.3) is 0 Å². The lowest BCUT2D eigenvalue weighted by Gasteiger charge is -2.17. The summed E-state index contributed by atoms with van der Waals surface area (Å²) in [5.41, 5.74) is 0.247. The van der Waals surface area contributed by atoms with Gasteiger partial charge >= 0.3 is 11.9 Å². The molecule has 2 fully saturated rings. The molecule has 6 heteroatoms. The number of fused-ring (bicyclic) bond motifs is 1. The van der Waals surface area contributed by atoms with Gasteiger partial charge in [-0.2, -0.15) is 0 Å². The molecule has 2 rings (SSSR count). The average molecular weight is 326 g/mol. The van der Waals surface area contributed by atoms with Gasteiger partial charge in [-0.15, -0.1) is 0 Å². The summed E-state index contributed by atoms with van der Waals surface area (Å²) in [6.45, 7) is 7.64. The number of carbonyl (C=O) groups excluding carboxylic acids is 2. The number of hydrogen-bond acceptors (Lipinski definition) is 6. The predicted octanol–water partition coefficient (Wildman–Crippen LogP) is 1.73. The Hall–Kier alpha value is -1.40. The summed E-state index contributed by atoms with van der Waals surface area (Å²) >= 11 is 0. The maximum absolute atomic E-state index is 12.1. The molecular weight excluding hydrogens is 300 g/mol. The van der Waals surface area contributed by atoms with Gasteiger partial charge in [-0.3, -0.25) is 4.79 Å². The van der Waals surface area contributed by atoms with Gasteiger partial charge in [-0.05, 0) is 32.1 Å². The number of ether oxygens (including phenoxy) is 4. The Morgan fingerprint density at radius 2 is 1.87 bits per heavy atom. The van der Waals surface area contributed by atoms with Crippen LogP contribution in [0.1, 0.15) is 26.2 Å². The lowest BCUT2D eigenvalue weighted by molar-refractivity contribution is -0.148. The highest BCUT2D eigenvalue weighted by Gasteiger charge is 2.64. The first-order valence-electron chi connectivity index (χ1n) is 8.15. The second-order valence-electron chi connectivity index (χ2n) is 6.17. The van der Waals surface area contributed by atoms with E-state index in [4.69, 9.17) is 18.9 Å². The van der Waals surface area contributed by atoms with Crippen molar-refractivity contribution in [1.82, 2.24) is 0 Å². The van der Waals surface area contributed by atoms with Gasteiger partial charge in [0, 0.05) is 18.1 Å². The largest absolute Gasteiger partial charge is 0.466 e. The maximum Gasteiger partial charge on any atom is 0.334 e. The molecule has 0 N–H and O–H groups in total. The molecule has 2 aliphatic carbocycles. The second-order valence-corrected chi connectivity index (χ2v) is 6.17. The highest BCUT2D eigenvalue weighted by atomic mass is 16.6. The Balaban J connectivity index is 1.73. The van der Waals surface area contributed by atoms with E-state index in [0.29, 0.717) is 44.3 Å². The average Bonchev–Trinajstić information content (AvgIpc) is 3.11. The summed E-state index contributed by atoms with van der Waals surface area (Å²) in [7, 11) is 1.60. The zero-order chi connectivity index (χ0) is 16.9. The fourth-order valence-corrected chi connectivity index (χ4v) is 3.47. The van der Waals surface area contributed by atoms with Crippen LogP contribution in [0.3, 0.4) is 0 Å². The van der Waals surface area contributed by atoms with E-state index in [2.05, 4.69) is 6.58 Å². The molecule has 0 amide bonds. The molecule has 0 aliphatic heterocycles. The molecular formula is C17H26O6. The highest BCUT2D eigenvalue weighted by molar-refractivity contribution is 5.90. The number of carbonyl (C=O) groups is 2. The minimum absolute atomic E-state index is 0.115. The van der Waals surface area contributed by atoms with E-state index in [9.17, 15) is 9.59 Å². The summed E-state index contributed by atoms with van der Waals surface area (Å²) in [5.74, 6) is -0.301. The Bertz CT molecular complexity index is 460. The van der Waals surface area contributed by atoms with Gasteiger partial charge in [-0.25, -0.2) is 4.79 Å². The van der Waals surface area contributed by atoms with E-state index in [0.717, 1.165) is 12.8 Å². The molecule has 0 aromatic carbocycles. The van der Waals surface area contributed by atoms with Crippen molar-refractivity contribution in [2.75, 3.05) is 40.1 Å². The molecule has 0 aromatic heterocycles. The van der Waals surface area contributed by atoms with Crippen LogP contribution < -0.4 is 0 Å². The molecule has 0 bridgehead atoms. The van der Waals surface area contributed by atoms with Crippen LogP contribution in [0.25, 0.3) is 0 Å². The molecule has 0 radical (unpaired) electrons. The summed E-state index contributed by atoms with van der Waals surface area (Å²) in [4.78, 5) is 24.0. The van der Waals surface area contributed by atoms with E-state index < -0.39 is 0 Å². The third-order valence-electron chi connectivity index (χ3n) is 4.77. The molecule has 0 saturated heterocycles. The van der Waals surface area contributed by atoms with Crippen molar-refractivity contribution in [2.45, 2.75) is 26.2 Å². The van der Waals surface area contributed by atoms with Gasteiger partial charge in [0.1, 0.15) is 6.61 Å². The summed E-state index contributed by atoms with van der Waals surface area (Å²) in [5, 5.41) is 0. The van der Waals surface area contributed by atoms with Crippen LogP contribution in [0.4, 0.5) is 0 Å². The zero-order valence-electron chi connectivity index (χ0n) is 14.0. The van der Waals surface area contributed by atoms with Crippen molar-refractivity contribution in [3.8, 4) is 0 Å². The van der Waals surface area contributed by atoms with Gasteiger partial charge in [0.2, 0.25) is 0 Å². The molecule has 3 atom stereocenters. The van der Waals surface area contributed by atoms with Crippen molar-refractivity contribution >= 4 is 11.9 Å². The number of rotatable bonds is 10. The van der Waals surface area contributed by atoms with Crippen LogP contribution in [0.15, 0.2) is 12.2 Å². The topological polar surface area (TPSA) is 71.1 Å². The Labute approximate surface area is 137 Å². The van der Waals surface area contributed by atoms with Gasteiger partial charge < -0.3 is 18.9 Å². The molecule has 0 aromatic rings. The molecule has 23 heavy (non-hydrogen) atoms. The first-order valence-corrected chi connectivity index (χ1v) is 8.15. The van der Waals surface area contributed by atoms with Crippen LogP contribution >= 0.6 is 0 Å². The monoisotopic (exact) mass is 326 g/mol. The van der Waals surface area contributed by atoms with Crippen LogP contribution in [-0.4, -0.2) is 52.1 Å². The van der Waals surface area contributed by atoms with Crippen molar-refractivity contribution in [1.29, 1.82) is 0 Å². The Kier molecular flexibility index (Phi) is 6.18. The van der Waals surface area contributed by atoms with E-state index in [1.807, 2.05) is 0 Å². The molecule has 6 nitrogen and oxygen atoms in total. The summed E-state index contributed by atoms with van der Waals surface area (Å²) in [6, 6.07) is 0. The number of esters is 2.